The number of fused-ring (bicyclic) bond motifs is 1. The zero-order valence-electron chi connectivity index (χ0n) is 11.7. The number of aromatic nitrogens is 2. The molecule has 0 saturated heterocycles. The van der Waals surface area contributed by atoms with Crippen molar-refractivity contribution in [2.24, 2.45) is 0 Å². The highest BCUT2D eigenvalue weighted by atomic mass is 32.2. The average Bonchev–Trinajstić information content (AvgIpc) is 3.01. The summed E-state index contributed by atoms with van der Waals surface area (Å²) in [4.78, 5) is 9.38. The third kappa shape index (κ3) is 3.26. The van der Waals surface area contributed by atoms with E-state index in [1.807, 2.05) is 30.3 Å². The molecular formula is C16H18N2O2S. The highest BCUT2D eigenvalue weighted by Gasteiger charge is 2.20. The molecule has 3 rings (SSSR count). The van der Waals surface area contributed by atoms with Gasteiger partial charge < -0.3 is 10.2 Å². The van der Waals surface area contributed by atoms with Gasteiger partial charge in [0.05, 0.1) is 12.7 Å². The Morgan fingerprint density at radius 2 is 1.95 bits per heavy atom. The maximum Gasteiger partial charge on any atom is 0.160 e. The van der Waals surface area contributed by atoms with Crippen LogP contribution in [-0.2, 0) is 12.8 Å². The molecule has 0 radical (unpaired) electrons. The molecule has 1 aromatic carbocycles. The Bertz CT molecular complexity index is 619. The monoisotopic (exact) mass is 302 g/mol. The predicted octanol–water partition coefficient (Wildman–Crippen LogP) is 2.08. The molecule has 5 heteroatoms. The van der Waals surface area contributed by atoms with E-state index >= 15 is 0 Å². The van der Waals surface area contributed by atoms with Crippen molar-refractivity contribution in [2.75, 3.05) is 12.4 Å². The highest BCUT2D eigenvalue weighted by Crippen LogP contribution is 2.32. The van der Waals surface area contributed by atoms with Crippen LogP contribution in [0.15, 0.2) is 35.4 Å². The lowest BCUT2D eigenvalue weighted by molar-refractivity contribution is 0.113. The number of aliphatic hydroxyl groups is 2. The van der Waals surface area contributed by atoms with Crippen LogP contribution >= 0.6 is 11.8 Å². The molecule has 2 aromatic rings. The fourth-order valence-corrected chi connectivity index (χ4v) is 3.46. The number of aliphatic hydroxyl groups excluding tert-OH is 2. The van der Waals surface area contributed by atoms with Gasteiger partial charge in [0.15, 0.2) is 5.82 Å². The van der Waals surface area contributed by atoms with E-state index in [4.69, 9.17) is 10.1 Å². The third-order valence-corrected chi connectivity index (χ3v) is 4.71. The minimum absolute atomic E-state index is 0.216. The van der Waals surface area contributed by atoms with Crippen LogP contribution in [0.25, 0.3) is 11.4 Å². The van der Waals surface area contributed by atoms with Gasteiger partial charge in [-0.2, -0.15) is 0 Å². The van der Waals surface area contributed by atoms with Crippen LogP contribution in [0, 0.1) is 0 Å². The van der Waals surface area contributed by atoms with Gasteiger partial charge in [-0.1, -0.05) is 30.3 Å². The molecule has 1 aliphatic rings. The molecule has 4 nitrogen and oxygen atoms in total. The quantitative estimate of drug-likeness (QED) is 0.654. The molecule has 21 heavy (non-hydrogen) atoms. The number of thioether (sulfide) groups is 1. The highest BCUT2D eigenvalue weighted by molar-refractivity contribution is 7.99. The molecule has 0 saturated carbocycles. The Labute approximate surface area is 128 Å². The summed E-state index contributed by atoms with van der Waals surface area (Å²) in [5.74, 6) is 1.20. The van der Waals surface area contributed by atoms with E-state index in [-0.39, 0.29) is 6.61 Å². The van der Waals surface area contributed by atoms with Gasteiger partial charge in [0, 0.05) is 22.6 Å². The van der Waals surface area contributed by atoms with Crippen LogP contribution in [0.4, 0.5) is 0 Å². The first-order chi connectivity index (χ1) is 10.3. The van der Waals surface area contributed by atoms with Crippen LogP contribution in [-0.4, -0.2) is 38.6 Å². The van der Waals surface area contributed by atoms with Crippen molar-refractivity contribution < 1.29 is 10.2 Å². The number of aryl methyl sites for hydroxylation is 1. The second kappa shape index (κ2) is 6.56. The second-order valence-electron chi connectivity index (χ2n) is 5.14. The Balaban J connectivity index is 1.93. The zero-order chi connectivity index (χ0) is 14.7. The molecule has 1 atom stereocenters. The normalized spacial score (nSPS) is 15.0. The van der Waals surface area contributed by atoms with E-state index in [1.54, 1.807) is 0 Å². The lowest BCUT2D eigenvalue weighted by Crippen LogP contribution is -2.15. The first kappa shape index (κ1) is 14.5. The Morgan fingerprint density at radius 1 is 1.14 bits per heavy atom. The van der Waals surface area contributed by atoms with Crippen molar-refractivity contribution in [1.82, 2.24) is 9.97 Å². The molecule has 0 fully saturated rings. The summed E-state index contributed by atoms with van der Waals surface area (Å²) in [5.41, 5.74) is 3.35. The van der Waals surface area contributed by atoms with Gasteiger partial charge in [-0.15, -0.1) is 11.8 Å². The average molecular weight is 302 g/mol. The smallest absolute Gasteiger partial charge is 0.160 e. The van der Waals surface area contributed by atoms with Gasteiger partial charge in [0.25, 0.3) is 0 Å². The molecule has 0 spiro atoms. The number of rotatable bonds is 5. The summed E-state index contributed by atoms with van der Waals surface area (Å²) in [6.45, 7) is -0.216. The molecule has 0 amide bonds. The van der Waals surface area contributed by atoms with E-state index in [0.29, 0.717) is 5.75 Å². The molecule has 1 heterocycles. The Kier molecular flexibility index (Phi) is 4.53. The minimum atomic E-state index is -0.706. The van der Waals surface area contributed by atoms with Gasteiger partial charge in [-0.05, 0) is 19.3 Å². The van der Waals surface area contributed by atoms with Crippen molar-refractivity contribution in [2.45, 2.75) is 30.4 Å². The summed E-state index contributed by atoms with van der Waals surface area (Å²) >= 11 is 1.51. The van der Waals surface area contributed by atoms with E-state index < -0.39 is 6.10 Å². The molecule has 0 bridgehead atoms. The fourth-order valence-electron chi connectivity index (χ4n) is 2.46. The molecule has 1 aromatic heterocycles. The molecule has 2 N–H and O–H groups in total. The number of benzene rings is 1. The summed E-state index contributed by atoms with van der Waals surface area (Å²) < 4.78 is 0. The molecule has 0 aliphatic heterocycles. The third-order valence-electron chi connectivity index (χ3n) is 3.55. The van der Waals surface area contributed by atoms with Gasteiger partial charge in [-0.25, -0.2) is 9.97 Å². The lowest BCUT2D eigenvalue weighted by atomic mass is 10.2. The van der Waals surface area contributed by atoms with Gasteiger partial charge in [0.2, 0.25) is 0 Å². The zero-order valence-corrected chi connectivity index (χ0v) is 12.5. The number of hydrogen-bond acceptors (Lipinski definition) is 5. The van der Waals surface area contributed by atoms with Crippen molar-refractivity contribution in [3.05, 3.63) is 41.6 Å². The Morgan fingerprint density at radius 3 is 2.71 bits per heavy atom. The fraction of sp³-hybridized carbons (Fsp3) is 0.375. The van der Waals surface area contributed by atoms with Crippen molar-refractivity contribution in [1.29, 1.82) is 0 Å². The first-order valence-corrected chi connectivity index (χ1v) is 8.13. The van der Waals surface area contributed by atoms with E-state index in [0.717, 1.165) is 41.4 Å². The number of hydrogen-bond donors (Lipinski definition) is 2. The van der Waals surface area contributed by atoms with Gasteiger partial charge >= 0.3 is 0 Å². The SMILES string of the molecule is OC[C@@H](O)CSc1nc(-c2ccccc2)nc2c1CCC2. The summed E-state index contributed by atoms with van der Waals surface area (Å²) in [6.07, 6.45) is 2.40. The first-order valence-electron chi connectivity index (χ1n) is 7.15. The van der Waals surface area contributed by atoms with Crippen LogP contribution in [0.2, 0.25) is 0 Å². The second-order valence-corrected chi connectivity index (χ2v) is 6.15. The van der Waals surface area contributed by atoms with Crippen molar-refractivity contribution in [3.63, 3.8) is 0 Å². The van der Waals surface area contributed by atoms with Crippen LogP contribution in [0.5, 0.6) is 0 Å². The summed E-state index contributed by atoms with van der Waals surface area (Å²) in [6, 6.07) is 9.95. The van der Waals surface area contributed by atoms with E-state index in [1.165, 1.54) is 17.3 Å². The lowest BCUT2D eigenvalue weighted by Gasteiger charge is -2.11. The van der Waals surface area contributed by atoms with Crippen LogP contribution < -0.4 is 0 Å². The van der Waals surface area contributed by atoms with E-state index in [2.05, 4.69) is 4.98 Å². The van der Waals surface area contributed by atoms with Crippen molar-refractivity contribution >= 4 is 11.8 Å². The Hall–Kier alpha value is -1.43. The standard InChI is InChI=1S/C16H18N2O2S/c19-9-12(20)10-21-16-13-7-4-8-14(13)17-15(18-16)11-5-2-1-3-6-11/h1-3,5-6,12,19-20H,4,7-10H2/t12-/m1/s1. The van der Waals surface area contributed by atoms with Crippen LogP contribution in [0.1, 0.15) is 17.7 Å². The maximum atomic E-state index is 9.54. The molecule has 0 unspecified atom stereocenters. The van der Waals surface area contributed by atoms with Gasteiger partial charge in [0.1, 0.15) is 5.03 Å². The topological polar surface area (TPSA) is 66.2 Å². The molecule has 1 aliphatic carbocycles. The van der Waals surface area contributed by atoms with Crippen LogP contribution in [0.3, 0.4) is 0 Å². The molecule has 110 valence electrons. The van der Waals surface area contributed by atoms with Crippen molar-refractivity contribution in [3.8, 4) is 11.4 Å². The maximum absolute atomic E-state index is 9.54. The summed E-state index contributed by atoms with van der Waals surface area (Å²) in [7, 11) is 0. The van der Waals surface area contributed by atoms with E-state index in [9.17, 15) is 5.11 Å². The van der Waals surface area contributed by atoms with Gasteiger partial charge in [-0.3, -0.25) is 0 Å². The minimum Gasteiger partial charge on any atom is -0.394 e. The number of nitrogens with zero attached hydrogens (tertiary/aromatic N) is 2. The predicted molar refractivity (Wildman–Crippen MR) is 83.3 cm³/mol. The molecular weight excluding hydrogens is 284 g/mol. The largest absolute Gasteiger partial charge is 0.394 e. The summed E-state index contributed by atoms with van der Waals surface area (Å²) in [5, 5.41) is 19.4.